The minimum Gasteiger partial charge on any atom is -0.456 e. The molecule has 0 atom stereocenters. The van der Waals surface area contributed by atoms with Crippen molar-refractivity contribution in [2.75, 3.05) is 0 Å². The molecule has 11 rings (SSSR count). The number of aromatic nitrogens is 1. The first-order valence-corrected chi connectivity index (χ1v) is 17.1. The molecule has 0 amide bonds. The monoisotopic (exact) mass is 653 g/mol. The number of hydrogen-bond acceptors (Lipinski definition) is 4. The van der Waals surface area contributed by atoms with Crippen molar-refractivity contribution in [3.63, 3.8) is 0 Å². The number of furan rings is 3. The molecular weight excluding hydrogens is 627 g/mol. The third-order valence-corrected chi connectivity index (χ3v) is 10.1. The summed E-state index contributed by atoms with van der Waals surface area (Å²) in [5.41, 5.74) is 14.2. The molecular formula is C47H27NO3. The lowest BCUT2D eigenvalue weighted by Gasteiger charge is -2.07. The summed E-state index contributed by atoms with van der Waals surface area (Å²) in [4.78, 5) is 4.55. The highest BCUT2D eigenvalue weighted by atomic mass is 16.3. The van der Waals surface area contributed by atoms with E-state index in [9.17, 15) is 0 Å². The second-order valence-electron chi connectivity index (χ2n) is 13.2. The van der Waals surface area contributed by atoms with Crippen molar-refractivity contribution in [1.82, 2.24) is 4.98 Å². The highest BCUT2D eigenvalue weighted by Crippen LogP contribution is 2.39. The lowest BCUT2D eigenvalue weighted by Crippen LogP contribution is -1.83. The summed E-state index contributed by atoms with van der Waals surface area (Å²) in [5.74, 6) is 0. The van der Waals surface area contributed by atoms with Gasteiger partial charge in [-0.3, -0.25) is 4.98 Å². The van der Waals surface area contributed by atoms with Crippen molar-refractivity contribution in [2.24, 2.45) is 0 Å². The minimum atomic E-state index is 0.870. The van der Waals surface area contributed by atoms with E-state index in [1.807, 2.05) is 42.6 Å². The van der Waals surface area contributed by atoms with Gasteiger partial charge in [0.1, 0.15) is 33.5 Å². The standard InChI is InChI=1S/C47H27NO3/c1-2-10-42-35(8-1)36-23-32(13-16-43(36)49-42)33-14-19-45-38(26-33)37-24-30(11-17-44(37)50-45)28-6-5-7-29(22-28)31-12-18-46-39(25-31)40-27-34(15-20-47(40)51-46)41-9-3-4-21-48-41/h1-27H. The fourth-order valence-electron chi connectivity index (χ4n) is 7.57. The Kier molecular flexibility index (Phi) is 5.92. The van der Waals surface area contributed by atoms with Crippen LogP contribution in [0, 0.1) is 0 Å². The molecule has 0 spiro atoms. The molecule has 0 saturated carbocycles. The van der Waals surface area contributed by atoms with Gasteiger partial charge >= 0.3 is 0 Å². The number of nitrogens with zero attached hydrogens (tertiary/aromatic N) is 1. The van der Waals surface area contributed by atoms with Crippen LogP contribution in [-0.4, -0.2) is 4.98 Å². The third kappa shape index (κ3) is 4.50. The van der Waals surface area contributed by atoms with Crippen LogP contribution < -0.4 is 0 Å². The molecule has 0 N–H and O–H groups in total. The van der Waals surface area contributed by atoms with E-state index in [1.54, 1.807) is 0 Å². The average Bonchev–Trinajstić information content (AvgIpc) is 3.88. The summed E-state index contributed by atoms with van der Waals surface area (Å²) in [5, 5.41) is 6.62. The Balaban J connectivity index is 0.980. The Morgan fingerprint density at radius 3 is 1.16 bits per heavy atom. The van der Waals surface area contributed by atoms with Crippen LogP contribution in [0.15, 0.2) is 177 Å². The first kappa shape index (κ1) is 28.0. The predicted molar refractivity (Wildman–Crippen MR) is 208 cm³/mol. The fourth-order valence-corrected chi connectivity index (χ4v) is 7.57. The van der Waals surface area contributed by atoms with E-state index in [1.165, 1.54) is 0 Å². The van der Waals surface area contributed by atoms with Crippen LogP contribution in [0.4, 0.5) is 0 Å². The van der Waals surface area contributed by atoms with E-state index in [4.69, 9.17) is 13.3 Å². The summed E-state index contributed by atoms with van der Waals surface area (Å²) in [6.07, 6.45) is 1.83. The van der Waals surface area contributed by atoms with Crippen LogP contribution in [0.1, 0.15) is 0 Å². The van der Waals surface area contributed by atoms with Gasteiger partial charge in [-0.25, -0.2) is 0 Å². The number of pyridine rings is 1. The molecule has 0 saturated heterocycles. The zero-order chi connectivity index (χ0) is 33.5. The van der Waals surface area contributed by atoms with Crippen LogP contribution in [0.25, 0.3) is 110 Å². The molecule has 238 valence electrons. The van der Waals surface area contributed by atoms with Crippen LogP contribution in [0.5, 0.6) is 0 Å². The average molecular weight is 654 g/mol. The first-order valence-electron chi connectivity index (χ1n) is 17.1. The Labute approximate surface area is 291 Å². The quantitative estimate of drug-likeness (QED) is 0.190. The van der Waals surface area contributed by atoms with E-state index in [2.05, 4.69) is 126 Å². The van der Waals surface area contributed by atoms with Crippen molar-refractivity contribution in [3.8, 4) is 44.6 Å². The summed E-state index contributed by atoms with van der Waals surface area (Å²) >= 11 is 0. The highest BCUT2D eigenvalue weighted by Gasteiger charge is 2.14. The maximum atomic E-state index is 6.32. The number of hydrogen-bond donors (Lipinski definition) is 0. The second kappa shape index (κ2) is 10.8. The molecule has 4 nitrogen and oxygen atoms in total. The van der Waals surface area contributed by atoms with Crippen LogP contribution in [-0.2, 0) is 0 Å². The van der Waals surface area contributed by atoms with Gasteiger partial charge in [0.25, 0.3) is 0 Å². The van der Waals surface area contributed by atoms with E-state index in [0.717, 1.165) is 110 Å². The minimum absolute atomic E-state index is 0.870. The molecule has 0 aliphatic carbocycles. The van der Waals surface area contributed by atoms with E-state index in [0.29, 0.717) is 0 Å². The summed E-state index contributed by atoms with van der Waals surface area (Å²) in [6.45, 7) is 0. The predicted octanol–water partition coefficient (Wildman–Crippen LogP) is 13.4. The van der Waals surface area contributed by atoms with Crippen LogP contribution >= 0.6 is 0 Å². The normalized spacial score (nSPS) is 11.9. The molecule has 4 aromatic heterocycles. The van der Waals surface area contributed by atoms with Gasteiger partial charge in [-0.1, -0.05) is 66.7 Å². The summed E-state index contributed by atoms with van der Waals surface area (Å²) < 4.78 is 18.6. The fraction of sp³-hybridized carbons (Fsp3) is 0. The highest BCUT2D eigenvalue weighted by molar-refractivity contribution is 6.10. The number of rotatable bonds is 4. The second-order valence-corrected chi connectivity index (χ2v) is 13.2. The molecule has 0 fully saturated rings. The largest absolute Gasteiger partial charge is 0.456 e. The van der Waals surface area contributed by atoms with Gasteiger partial charge in [-0.15, -0.1) is 0 Å². The molecule has 0 aliphatic heterocycles. The maximum Gasteiger partial charge on any atom is 0.135 e. The Morgan fingerprint density at radius 2 is 0.667 bits per heavy atom. The maximum absolute atomic E-state index is 6.32. The van der Waals surface area contributed by atoms with Crippen molar-refractivity contribution < 1.29 is 13.3 Å². The zero-order valence-electron chi connectivity index (χ0n) is 27.3. The summed E-state index contributed by atoms with van der Waals surface area (Å²) in [7, 11) is 0. The molecule has 0 aliphatic rings. The van der Waals surface area contributed by atoms with E-state index >= 15 is 0 Å². The topological polar surface area (TPSA) is 52.3 Å². The lowest BCUT2D eigenvalue weighted by atomic mass is 9.96. The third-order valence-electron chi connectivity index (χ3n) is 10.1. The van der Waals surface area contributed by atoms with Gasteiger partial charge in [-0.2, -0.15) is 0 Å². The van der Waals surface area contributed by atoms with Crippen LogP contribution in [0.3, 0.4) is 0 Å². The zero-order valence-corrected chi connectivity index (χ0v) is 27.3. The van der Waals surface area contributed by atoms with Gasteiger partial charge in [0.15, 0.2) is 0 Å². The number of benzene rings is 7. The molecule has 4 heterocycles. The van der Waals surface area contributed by atoms with E-state index < -0.39 is 0 Å². The molecule has 7 aromatic carbocycles. The summed E-state index contributed by atoms with van der Waals surface area (Å²) in [6, 6.07) is 55.0. The van der Waals surface area contributed by atoms with Gasteiger partial charge < -0.3 is 13.3 Å². The van der Waals surface area contributed by atoms with Crippen molar-refractivity contribution in [3.05, 3.63) is 164 Å². The molecule has 0 radical (unpaired) electrons. The Morgan fingerprint density at radius 1 is 0.275 bits per heavy atom. The lowest BCUT2D eigenvalue weighted by molar-refractivity contribution is 0.668. The smallest absolute Gasteiger partial charge is 0.135 e. The molecule has 0 unspecified atom stereocenters. The van der Waals surface area contributed by atoms with Crippen LogP contribution in [0.2, 0.25) is 0 Å². The molecule has 0 bridgehead atoms. The molecule has 4 heteroatoms. The van der Waals surface area contributed by atoms with Crippen molar-refractivity contribution in [2.45, 2.75) is 0 Å². The Bertz CT molecular complexity index is 3140. The number of fused-ring (bicyclic) bond motifs is 9. The van der Waals surface area contributed by atoms with E-state index in [-0.39, 0.29) is 0 Å². The van der Waals surface area contributed by atoms with Gasteiger partial charge in [0, 0.05) is 44.1 Å². The molecule has 51 heavy (non-hydrogen) atoms. The SMILES string of the molecule is c1ccc(-c2ccc3oc4ccc(-c5cccc(-c6ccc7oc8ccc(-c9ccc%10oc%11ccccc%11c%10c9)cc8c7c6)c5)cc4c3c2)nc1. The van der Waals surface area contributed by atoms with Crippen molar-refractivity contribution >= 4 is 65.8 Å². The van der Waals surface area contributed by atoms with Gasteiger partial charge in [0.2, 0.25) is 0 Å². The van der Waals surface area contributed by atoms with Gasteiger partial charge in [-0.05, 0) is 124 Å². The van der Waals surface area contributed by atoms with Gasteiger partial charge in [0.05, 0.1) is 5.69 Å². The van der Waals surface area contributed by atoms with Crippen molar-refractivity contribution in [1.29, 1.82) is 0 Å². The Hall–Kier alpha value is -6.91. The number of para-hydroxylation sites is 1. The first-order chi connectivity index (χ1) is 25.2. The molecule has 11 aromatic rings.